The van der Waals surface area contributed by atoms with Crippen LogP contribution in [0.5, 0.6) is 0 Å². The van der Waals surface area contributed by atoms with Crippen molar-refractivity contribution < 1.29 is 0 Å². The molecule has 0 bridgehead atoms. The van der Waals surface area contributed by atoms with Crippen LogP contribution in [0.2, 0.25) is 0 Å². The molecule has 0 radical (unpaired) electrons. The summed E-state index contributed by atoms with van der Waals surface area (Å²) in [5.74, 6) is 0.807. The SMILES string of the molecule is CC(C)CCCNC(C)c1ccc(N(C)C)cc1. The number of nitrogens with zero attached hydrogens (tertiary/aromatic N) is 1. The van der Waals surface area contributed by atoms with E-state index in [4.69, 9.17) is 0 Å². The highest BCUT2D eigenvalue weighted by atomic mass is 15.1. The molecule has 0 aliphatic rings. The molecular weight excluding hydrogens is 220 g/mol. The van der Waals surface area contributed by atoms with Crippen molar-refractivity contribution in [3.8, 4) is 0 Å². The second-order valence-electron chi connectivity index (χ2n) is 5.70. The lowest BCUT2D eigenvalue weighted by atomic mass is 10.1. The Labute approximate surface area is 112 Å². The van der Waals surface area contributed by atoms with E-state index < -0.39 is 0 Å². The Morgan fingerprint density at radius 1 is 1.06 bits per heavy atom. The van der Waals surface area contributed by atoms with E-state index in [2.05, 4.69) is 69.3 Å². The normalized spacial score (nSPS) is 12.8. The first kappa shape index (κ1) is 15.0. The average molecular weight is 248 g/mol. The number of hydrogen-bond donors (Lipinski definition) is 1. The summed E-state index contributed by atoms with van der Waals surface area (Å²) in [4.78, 5) is 2.13. The molecule has 1 N–H and O–H groups in total. The van der Waals surface area contributed by atoms with Gasteiger partial charge in [0.1, 0.15) is 0 Å². The highest BCUT2D eigenvalue weighted by molar-refractivity contribution is 5.46. The van der Waals surface area contributed by atoms with Crippen molar-refractivity contribution in [3.63, 3.8) is 0 Å². The van der Waals surface area contributed by atoms with Gasteiger partial charge in [-0.1, -0.05) is 26.0 Å². The fraction of sp³-hybridized carbons (Fsp3) is 0.625. The van der Waals surface area contributed by atoms with Crippen LogP contribution in [0.4, 0.5) is 5.69 Å². The third-order valence-corrected chi connectivity index (χ3v) is 3.32. The quantitative estimate of drug-likeness (QED) is 0.738. The Morgan fingerprint density at radius 2 is 1.67 bits per heavy atom. The summed E-state index contributed by atoms with van der Waals surface area (Å²) in [6, 6.07) is 9.24. The van der Waals surface area contributed by atoms with Crippen molar-refractivity contribution in [1.82, 2.24) is 5.32 Å². The first-order valence-electron chi connectivity index (χ1n) is 7.01. The van der Waals surface area contributed by atoms with Gasteiger partial charge in [0.05, 0.1) is 0 Å². The van der Waals surface area contributed by atoms with Gasteiger partial charge in [0.2, 0.25) is 0 Å². The molecule has 0 spiro atoms. The standard InChI is InChI=1S/C16H28N2/c1-13(2)7-6-12-17-14(3)15-8-10-16(11-9-15)18(4)5/h8-11,13-14,17H,6-7,12H2,1-5H3. The monoisotopic (exact) mass is 248 g/mol. The van der Waals surface area contributed by atoms with Crippen molar-refractivity contribution in [2.45, 2.75) is 39.7 Å². The molecule has 18 heavy (non-hydrogen) atoms. The largest absolute Gasteiger partial charge is 0.378 e. The lowest BCUT2D eigenvalue weighted by molar-refractivity contribution is 0.497. The summed E-state index contributed by atoms with van der Waals surface area (Å²) in [6.45, 7) is 7.90. The van der Waals surface area contributed by atoms with Crippen molar-refractivity contribution in [1.29, 1.82) is 0 Å². The molecule has 2 nitrogen and oxygen atoms in total. The van der Waals surface area contributed by atoms with E-state index in [9.17, 15) is 0 Å². The molecule has 1 atom stereocenters. The van der Waals surface area contributed by atoms with Crippen molar-refractivity contribution in [2.24, 2.45) is 5.92 Å². The maximum Gasteiger partial charge on any atom is 0.0361 e. The molecule has 0 amide bonds. The maximum atomic E-state index is 3.59. The molecule has 0 heterocycles. The molecule has 0 saturated carbocycles. The number of rotatable bonds is 7. The molecule has 1 rings (SSSR count). The molecular formula is C16H28N2. The lowest BCUT2D eigenvalue weighted by Gasteiger charge is -2.17. The number of nitrogens with one attached hydrogen (secondary N) is 1. The Kier molecular flexibility index (Phi) is 6.20. The van der Waals surface area contributed by atoms with Gasteiger partial charge in [-0.2, -0.15) is 0 Å². The van der Waals surface area contributed by atoms with Crippen LogP contribution in [0.15, 0.2) is 24.3 Å². The third kappa shape index (κ3) is 5.09. The van der Waals surface area contributed by atoms with Crippen LogP contribution in [-0.2, 0) is 0 Å². The summed E-state index contributed by atoms with van der Waals surface area (Å²) in [7, 11) is 4.14. The molecule has 0 aliphatic carbocycles. The highest BCUT2D eigenvalue weighted by Crippen LogP contribution is 2.17. The molecule has 1 aromatic carbocycles. The minimum atomic E-state index is 0.438. The topological polar surface area (TPSA) is 15.3 Å². The zero-order valence-corrected chi connectivity index (χ0v) is 12.5. The smallest absolute Gasteiger partial charge is 0.0361 e. The Morgan fingerprint density at radius 3 is 2.17 bits per heavy atom. The molecule has 1 aromatic rings. The average Bonchev–Trinajstić information content (AvgIpc) is 2.34. The first-order chi connectivity index (χ1) is 8.50. The van der Waals surface area contributed by atoms with E-state index >= 15 is 0 Å². The minimum Gasteiger partial charge on any atom is -0.378 e. The van der Waals surface area contributed by atoms with Crippen LogP contribution in [0.1, 0.15) is 45.2 Å². The van der Waals surface area contributed by atoms with Gasteiger partial charge in [-0.25, -0.2) is 0 Å². The molecule has 2 heteroatoms. The highest BCUT2D eigenvalue weighted by Gasteiger charge is 2.05. The van der Waals surface area contributed by atoms with E-state index in [1.165, 1.54) is 24.1 Å². The molecule has 1 unspecified atom stereocenters. The van der Waals surface area contributed by atoms with Gasteiger partial charge in [0, 0.05) is 25.8 Å². The van der Waals surface area contributed by atoms with E-state index in [-0.39, 0.29) is 0 Å². The minimum absolute atomic E-state index is 0.438. The zero-order chi connectivity index (χ0) is 13.5. The fourth-order valence-electron chi connectivity index (χ4n) is 2.01. The Bertz CT molecular complexity index is 327. The number of anilines is 1. The second kappa shape index (κ2) is 7.42. The molecule has 0 saturated heterocycles. The van der Waals surface area contributed by atoms with E-state index in [1.54, 1.807) is 0 Å². The van der Waals surface area contributed by atoms with E-state index in [1.807, 2.05) is 0 Å². The summed E-state index contributed by atoms with van der Waals surface area (Å²) >= 11 is 0. The fourth-order valence-corrected chi connectivity index (χ4v) is 2.01. The second-order valence-corrected chi connectivity index (χ2v) is 5.70. The van der Waals surface area contributed by atoms with Crippen molar-refractivity contribution in [3.05, 3.63) is 29.8 Å². The molecule has 102 valence electrons. The molecule has 0 aliphatic heterocycles. The van der Waals surface area contributed by atoms with Crippen LogP contribution >= 0.6 is 0 Å². The van der Waals surface area contributed by atoms with Crippen LogP contribution in [-0.4, -0.2) is 20.6 Å². The number of hydrogen-bond acceptors (Lipinski definition) is 2. The van der Waals surface area contributed by atoms with Gasteiger partial charge in [-0.3, -0.25) is 0 Å². The van der Waals surface area contributed by atoms with Crippen LogP contribution in [0.3, 0.4) is 0 Å². The maximum absolute atomic E-state index is 3.59. The lowest BCUT2D eigenvalue weighted by Crippen LogP contribution is -2.20. The van der Waals surface area contributed by atoms with Gasteiger partial charge >= 0.3 is 0 Å². The van der Waals surface area contributed by atoms with Crippen molar-refractivity contribution >= 4 is 5.69 Å². The molecule has 0 fully saturated rings. The van der Waals surface area contributed by atoms with Crippen LogP contribution in [0.25, 0.3) is 0 Å². The zero-order valence-electron chi connectivity index (χ0n) is 12.5. The summed E-state index contributed by atoms with van der Waals surface area (Å²) in [6.07, 6.45) is 2.57. The van der Waals surface area contributed by atoms with E-state index in [0.29, 0.717) is 6.04 Å². The predicted octanol–water partition coefficient (Wildman–Crippen LogP) is 3.84. The third-order valence-electron chi connectivity index (χ3n) is 3.32. The van der Waals surface area contributed by atoms with Gasteiger partial charge in [-0.05, 0) is 49.9 Å². The predicted molar refractivity (Wildman–Crippen MR) is 81.3 cm³/mol. The van der Waals surface area contributed by atoms with Gasteiger partial charge in [-0.15, -0.1) is 0 Å². The van der Waals surface area contributed by atoms with E-state index in [0.717, 1.165) is 12.5 Å². The summed E-state index contributed by atoms with van der Waals surface area (Å²) in [5, 5.41) is 3.59. The van der Waals surface area contributed by atoms with Gasteiger partial charge in [0.15, 0.2) is 0 Å². The summed E-state index contributed by atoms with van der Waals surface area (Å²) < 4.78 is 0. The summed E-state index contributed by atoms with van der Waals surface area (Å²) in [5.41, 5.74) is 2.62. The van der Waals surface area contributed by atoms with Crippen molar-refractivity contribution in [2.75, 3.05) is 25.5 Å². The van der Waals surface area contributed by atoms with Crippen LogP contribution in [0, 0.1) is 5.92 Å². The Hall–Kier alpha value is -1.02. The van der Waals surface area contributed by atoms with Gasteiger partial charge < -0.3 is 10.2 Å². The Balaban J connectivity index is 2.39. The van der Waals surface area contributed by atoms with Crippen LogP contribution < -0.4 is 10.2 Å². The number of benzene rings is 1. The first-order valence-corrected chi connectivity index (χ1v) is 7.01. The molecule has 0 aromatic heterocycles. The van der Waals surface area contributed by atoms with Gasteiger partial charge in [0.25, 0.3) is 0 Å².